The lowest BCUT2D eigenvalue weighted by Crippen LogP contribution is -2.40. The maximum Gasteiger partial charge on any atom is 0.314 e. The predicted molar refractivity (Wildman–Crippen MR) is 133 cm³/mol. The molecule has 3 aromatic heterocycles. The van der Waals surface area contributed by atoms with E-state index in [9.17, 15) is 22.8 Å². The van der Waals surface area contributed by atoms with Crippen LogP contribution in [0.5, 0.6) is 0 Å². The van der Waals surface area contributed by atoms with Crippen molar-refractivity contribution in [2.24, 2.45) is 7.05 Å². The molecule has 1 fully saturated rings. The molecule has 4 heterocycles. The standard InChI is InChI=1S/C25H24F3N7O2/c1-14-7-16(11-30-22(14)35-5-3-25(27,28)4-6-35)32-23(36)24(37)33-21-12-29-20-9-19(26)17(8-18(20)21)15-10-31-34(2)13-15/h7-13,29H,3-6H2,1-2H3,(H,32,36)(H,33,37). The minimum absolute atomic E-state index is 0.186. The Morgan fingerprint density at radius 1 is 1.08 bits per heavy atom. The molecule has 5 rings (SSSR count). The van der Waals surface area contributed by atoms with Crippen molar-refractivity contribution in [1.29, 1.82) is 0 Å². The number of hydrogen-bond acceptors (Lipinski definition) is 5. The van der Waals surface area contributed by atoms with E-state index in [1.165, 1.54) is 24.7 Å². The molecule has 192 valence electrons. The first-order valence-corrected chi connectivity index (χ1v) is 11.6. The van der Waals surface area contributed by atoms with E-state index in [1.54, 1.807) is 41.9 Å². The summed E-state index contributed by atoms with van der Waals surface area (Å²) in [5, 5.41) is 9.64. The lowest BCUT2D eigenvalue weighted by molar-refractivity contribution is -0.132. The van der Waals surface area contributed by atoms with Crippen molar-refractivity contribution in [2.45, 2.75) is 25.7 Å². The summed E-state index contributed by atoms with van der Waals surface area (Å²) in [6.45, 7) is 2.13. The molecular formula is C25H24F3N7O2. The molecule has 9 nitrogen and oxygen atoms in total. The minimum atomic E-state index is -2.66. The summed E-state index contributed by atoms with van der Waals surface area (Å²) in [6, 6.07) is 4.52. The first-order valence-electron chi connectivity index (χ1n) is 11.6. The number of piperidine rings is 1. The van der Waals surface area contributed by atoms with Gasteiger partial charge in [-0.1, -0.05) is 0 Å². The number of nitrogens with one attached hydrogen (secondary N) is 3. The second kappa shape index (κ2) is 9.26. The molecule has 37 heavy (non-hydrogen) atoms. The number of carbonyl (C=O) groups excluding carboxylic acids is 2. The summed E-state index contributed by atoms with van der Waals surface area (Å²) in [7, 11) is 1.72. The van der Waals surface area contributed by atoms with Gasteiger partial charge in [0.05, 0.1) is 29.3 Å². The van der Waals surface area contributed by atoms with Crippen LogP contribution in [0.3, 0.4) is 0 Å². The Bertz CT molecular complexity index is 1500. The van der Waals surface area contributed by atoms with Crippen LogP contribution in [0.4, 0.5) is 30.4 Å². The molecule has 1 aromatic carbocycles. The van der Waals surface area contributed by atoms with Crippen molar-refractivity contribution >= 4 is 39.9 Å². The molecule has 1 aliphatic rings. The number of aromatic nitrogens is 4. The third-order valence-electron chi connectivity index (χ3n) is 6.34. The molecule has 0 atom stereocenters. The van der Waals surface area contributed by atoms with Gasteiger partial charge in [0.25, 0.3) is 5.92 Å². The van der Waals surface area contributed by atoms with E-state index in [2.05, 4.69) is 25.7 Å². The fourth-order valence-corrected chi connectivity index (χ4v) is 4.41. The first kappa shape index (κ1) is 24.3. The van der Waals surface area contributed by atoms with Crippen molar-refractivity contribution in [3.63, 3.8) is 0 Å². The van der Waals surface area contributed by atoms with Crippen LogP contribution < -0.4 is 15.5 Å². The van der Waals surface area contributed by atoms with E-state index in [1.807, 2.05) is 0 Å². The van der Waals surface area contributed by atoms with Gasteiger partial charge >= 0.3 is 11.8 Å². The Labute approximate surface area is 209 Å². The lowest BCUT2D eigenvalue weighted by atomic mass is 10.1. The van der Waals surface area contributed by atoms with Crippen molar-refractivity contribution < 1.29 is 22.8 Å². The van der Waals surface area contributed by atoms with Crippen molar-refractivity contribution in [3.05, 3.63) is 54.4 Å². The zero-order chi connectivity index (χ0) is 26.3. The van der Waals surface area contributed by atoms with Crippen LogP contribution >= 0.6 is 0 Å². The van der Waals surface area contributed by atoms with Gasteiger partial charge in [-0.3, -0.25) is 14.3 Å². The molecule has 1 saturated heterocycles. The molecule has 0 radical (unpaired) electrons. The van der Waals surface area contributed by atoms with Gasteiger partial charge in [0.1, 0.15) is 11.6 Å². The average molecular weight is 512 g/mol. The number of aromatic amines is 1. The number of anilines is 3. The summed E-state index contributed by atoms with van der Waals surface area (Å²) in [5.74, 6) is -4.40. The molecule has 2 amide bonds. The van der Waals surface area contributed by atoms with E-state index in [0.29, 0.717) is 44.8 Å². The SMILES string of the molecule is Cc1cc(NC(=O)C(=O)Nc2c[nH]c3cc(F)c(-c4cnn(C)c4)cc23)cnc1N1CCC(F)(F)CC1. The topological polar surface area (TPSA) is 108 Å². The first-order chi connectivity index (χ1) is 17.6. The van der Waals surface area contributed by atoms with E-state index >= 15 is 0 Å². The number of hydrogen-bond donors (Lipinski definition) is 3. The van der Waals surface area contributed by atoms with Crippen LogP contribution in [-0.2, 0) is 16.6 Å². The van der Waals surface area contributed by atoms with Crippen LogP contribution in [0.25, 0.3) is 22.0 Å². The maximum absolute atomic E-state index is 14.6. The summed E-state index contributed by atoms with van der Waals surface area (Å²) in [4.78, 5) is 34.2. The Morgan fingerprint density at radius 3 is 2.49 bits per heavy atom. The summed E-state index contributed by atoms with van der Waals surface area (Å²) in [5.41, 5.74) is 2.62. The number of nitrogens with zero attached hydrogens (tertiary/aromatic N) is 4. The number of carbonyl (C=O) groups is 2. The van der Waals surface area contributed by atoms with Gasteiger partial charge in [-0.15, -0.1) is 0 Å². The van der Waals surface area contributed by atoms with E-state index in [-0.39, 0.29) is 25.9 Å². The Morgan fingerprint density at radius 2 is 1.81 bits per heavy atom. The zero-order valence-electron chi connectivity index (χ0n) is 20.1. The molecule has 0 saturated carbocycles. The normalized spacial score (nSPS) is 15.1. The Hall–Kier alpha value is -4.35. The van der Waals surface area contributed by atoms with Crippen LogP contribution in [0.1, 0.15) is 18.4 Å². The lowest BCUT2D eigenvalue weighted by Gasteiger charge is -2.33. The maximum atomic E-state index is 14.6. The molecule has 0 aliphatic carbocycles. The molecule has 1 aliphatic heterocycles. The largest absolute Gasteiger partial charge is 0.359 e. The fraction of sp³-hybridized carbons (Fsp3) is 0.280. The highest BCUT2D eigenvalue weighted by Gasteiger charge is 2.34. The molecule has 12 heteroatoms. The monoisotopic (exact) mass is 511 g/mol. The van der Waals surface area contributed by atoms with Crippen molar-refractivity contribution in [3.8, 4) is 11.1 Å². The van der Waals surface area contributed by atoms with Crippen LogP contribution in [-0.4, -0.2) is 50.6 Å². The van der Waals surface area contributed by atoms with Crippen LogP contribution in [0, 0.1) is 12.7 Å². The van der Waals surface area contributed by atoms with Crippen molar-refractivity contribution in [1.82, 2.24) is 19.7 Å². The predicted octanol–water partition coefficient (Wildman–Crippen LogP) is 4.22. The number of H-pyrrole nitrogens is 1. The average Bonchev–Trinajstić information content (AvgIpc) is 3.44. The fourth-order valence-electron chi connectivity index (χ4n) is 4.41. The molecular weight excluding hydrogens is 487 g/mol. The molecule has 0 bridgehead atoms. The molecule has 0 unspecified atom stereocenters. The molecule has 4 aromatic rings. The summed E-state index contributed by atoms with van der Waals surface area (Å²) in [6.07, 6.45) is 5.59. The van der Waals surface area contributed by atoms with Gasteiger partial charge in [0.2, 0.25) is 0 Å². The smallest absolute Gasteiger partial charge is 0.314 e. The van der Waals surface area contributed by atoms with Crippen LogP contribution in [0.15, 0.2) is 43.0 Å². The van der Waals surface area contributed by atoms with Crippen molar-refractivity contribution in [2.75, 3.05) is 28.6 Å². The Balaban J connectivity index is 1.28. The highest BCUT2D eigenvalue weighted by Crippen LogP contribution is 2.32. The number of rotatable bonds is 4. The van der Waals surface area contributed by atoms with E-state index < -0.39 is 23.6 Å². The number of fused-ring (bicyclic) bond motifs is 1. The number of pyridine rings is 1. The van der Waals surface area contributed by atoms with Gasteiger partial charge in [0.15, 0.2) is 0 Å². The second-order valence-corrected chi connectivity index (χ2v) is 9.10. The summed E-state index contributed by atoms with van der Waals surface area (Å²) >= 11 is 0. The highest BCUT2D eigenvalue weighted by atomic mass is 19.3. The number of amides is 2. The quantitative estimate of drug-likeness (QED) is 0.356. The second-order valence-electron chi connectivity index (χ2n) is 9.10. The highest BCUT2D eigenvalue weighted by molar-refractivity contribution is 6.44. The third kappa shape index (κ3) is 4.99. The number of halogens is 3. The third-order valence-corrected chi connectivity index (χ3v) is 6.34. The molecule has 0 spiro atoms. The molecule has 3 N–H and O–H groups in total. The Kier molecular flexibility index (Phi) is 6.10. The number of aryl methyl sites for hydroxylation is 2. The van der Waals surface area contributed by atoms with Crippen LogP contribution in [0.2, 0.25) is 0 Å². The number of benzene rings is 1. The number of alkyl halides is 2. The summed E-state index contributed by atoms with van der Waals surface area (Å²) < 4.78 is 43.1. The van der Waals surface area contributed by atoms with Gasteiger partial charge in [-0.25, -0.2) is 18.2 Å². The minimum Gasteiger partial charge on any atom is -0.359 e. The van der Waals surface area contributed by atoms with E-state index in [4.69, 9.17) is 0 Å². The van der Waals surface area contributed by atoms with E-state index in [0.717, 1.165) is 0 Å². The van der Waals surface area contributed by atoms with Gasteiger partial charge < -0.3 is 20.5 Å². The van der Waals surface area contributed by atoms with Gasteiger partial charge in [-0.2, -0.15) is 5.10 Å². The van der Waals surface area contributed by atoms with Gasteiger partial charge in [0, 0.05) is 61.9 Å². The zero-order valence-corrected chi connectivity index (χ0v) is 20.1. The van der Waals surface area contributed by atoms with Gasteiger partial charge in [-0.05, 0) is 30.7 Å².